The molecule has 1 heterocycles. The summed E-state index contributed by atoms with van der Waals surface area (Å²) in [5.41, 5.74) is 6.46. The van der Waals surface area contributed by atoms with Crippen molar-refractivity contribution in [3.8, 4) is 0 Å². The van der Waals surface area contributed by atoms with E-state index in [1.807, 2.05) is 13.0 Å². The molecule has 1 aromatic rings. The van der Waals surface area contributed by atoms with Crippen LogP contribution in [0.15, 0.2) is 6.07 Å². The topological polar surface area (TPSA) is 83.8 Å². The predicted molar refractivity (Wildman–Crippen MR) is 68.6 cm³/mol. The van der Waals surface area contributed by atoms with Crippen molar-refractivity contribution in [2.24, 2.45) is 11.7 Å². The predicted octanol–water partition coefficient (Wildman–Crippen LogP) is 1.81. The molecule has 1 unspecified atom stereocenters. The Morgan fingerprint density at radius 1 is 1.59 bits per heavy atom. The van der Waals surface area contributed by atoms with Crippen molar-refractivity contribution in [3.63, 3.8) is 0 Å². The van der Waals surface area contributed by atoms with E-state index in [1.165, 1.54) is 0 Å². The maximum atomic E-state index is 11.7. The number of carbonyl (C=O) groups excluding carboxylic acids is 1. The molecule has 1 amide bonds. The van der Waals surface area contributed by atoms with Gasteiger partial charge in [-0.15, -0.1) is 0 Å². The third kappa shape index (κ3) is 4.99. The van der Waals surface area contributed by atoms with Crippen LogP contribution in [0.1, 0.15) is 38.3 Å². The van der Waals surface area contributed by atoms with Crippen LogP contribution in [-0.2, 0) is 4.79 Å². The van der Waals surface area contributed by atoms with Crippen LogP contribution in [0.4, 0.5) is 5.82 Å². The number of H-pyrrole nitrogens is 1. The summed E-state index contributed by atoms with van der Waals surface area (Å²) >= 11 is 0. The average molecular weight is 238 g/mol. The second-order valence-corrected chi connectivity index (χ2v) is 4.37. The Morgan fingerprint density at radius 2 is 2.35 bits per heavy atom. The molecule has 0 bridgehead atoms. The number of nitrogens with two attached hydrogens (primary N) is 1. The third-order valence-corrected chi connectivity index (χ3v) is 2.91. The molecule has 0 spiro atoms. The first-order chi connectivity index (χ1) is 8.15. The van der Waals surface area contributed by atoms with E-state index in [4.69, 9.17) is 5.73 Å². The summed E-state index contributed by atoms with van der Waals surface area (Å²) in [6.45, 7) is 4.73. The number of aromatic nitrogens is 2. The number of nitrogens with zero attached hydrogens (tertiary/aromatic N) is 1. The van der Waals surface area contributed by atoms with Crippen LogP contribution in [0.5, 0.6) is 0 Å². The molecule has 0 saturated carbocycles. The highest BCUT2D eigenvalue weighted by Gasteiger charge is 2.10. The van der Waals surface area contributed by atoms with E-state index in [1.54, 1.807) is 0 Å². The monoisotopic (exact) mass is 238 g/mol. The van der Waals surface area contributed by atoms with Crippen LogP contribution in [0.3, 0.4) is 0 Å². The van der Waals surface area contributed by atoms with Gasteiger partial charge in [0, 0.05) is 18.2 Å². The Hall–Kier alpha value is -1.36. The number of carbonyl (C=O) groups is 1. The zero-order valence-corrected chi connectivity index (χ0v) is 10.6. The molecule has 0 aliphatic rings. The first kappa shape index (κ1) is 13.7. The highest BCUT2D eigenvalue weighted by Crippen LogP contribution is 2.15. The summed E-state index contributed by atoms with van der Waals surface area (Å²) in [4.78, 5) is 11.7. The van der Waals surface area contributed by atoms with Crippen molar-refractivity contribution in [1.29, 1.82) is 0 Å². The van der Waals surface area contributed by atoms with Gasteiger partial charge >= 0.3 is 0 Å². The number of aryl methyl sites for hydroxylation is 1. The number of anilines is 1. The molecular weight excluding hydrogens is 216 g/mol. The zero-order valence-electron chi connectivity index (χ0n) is 10.6. The van der Waals surface area contributed by atoms with Crippen LogP contribution < -0.4 is 11.1 Å². The van der Waals surface area contributed by atoms with E-state index in [0.717, 1.165) is 25.0 Å². The fourth-order valence-corrected chi connectivity index (χ4v) is 1.81. The minimum absolute atomic E-state index is 0.0203. The van der Waals surface area contributed by atoms with Gasteiger partial charge in [-0.05, 0) is 32.2 Å². The van der Waals surface area contributed by atoms with E-state index >= 15 is 0 Å². The molecule has 0 radical (unpaired) electrons. The van der Waals surface area contributed by atoms with Crippen LogP contribution in [0.2, 0.25) is 0 Å². The van der Waals surface area contributed by atoms with E-state index < -0.39 is 0 Å². The quantitative estimate of drug-likeness (QED) is 0.677. The molecular formula is C12H22N4O. The minimum atomic E-state index is 0.0203. The molecule has 5 heteroatoms. The lowest BCUT2D eigenvalue weighted by Gasteiger charge is -2.12. The summed E-state index contributed by atoms with van der Waals surface area (Å²) in [5, 5.41) is 9.52. The van der Waals surface area contributed by atoms with Gasteiger partial charge < -0.3 is 11.1 Å². The zero-order chi connectivity index (χ0) is 12.7. The Labute approximate surface area is 102 Å². The molecule has 4 N–H and O–H groups in total. The lowest BCUT2D eigenvalue weighted by atomic mass is 9.96. The van der Waals surface area contributed by atoms with Gasteiger partial charge in [-0.2, -0.15) is 5.10 Å². The molecule has 96 valence electrons. The Morgan fingerprint density at radius 3 is 2.88 bits per heavy atom. The number of hydrogen-bond acceptors (Lipinski definition) is 3. The van der Waals surface area contributed by atoms with Crippen molar-refractivity contribution < 1.29 is 4.79 Å². The fourth-order valence-electron chi connectivity index (χ4n) is 1.81. The summed E-state index contributed by atoms with van der Waals surface area (Å²) < 4.78 is 0. The minimum Gasteiger partial charge on any atom is -0.330 e. The maximum Gasteiger partial charge on any atom is 0.225 e. The van der Waals surface area contributed by atoms with Gasteiger partial charge in [0.25, 0.3) is 0 Å². The molecule has 0 aromatic carbocycles. The van der Waals surface area contributed by atoms with Crippen molar-refractivity contribution in [3.05, 3.63) is 11.8 Å². The van der Waals surface area contributed by atoms with E-state index in [-0.39, 0.29) is 5.91 Å². The summed E-state index contributed by atoms with van der Waals surface area (Å²) in [6, 6.07) is 1.81. The smallest absolute Gasteiger partial charge is 0.225 e. The second-order valence-electron chi connectivity index (χ2n) is 4.37. The number of rotatable bonds is 7. The summed E-state index contributed by atoms with van der Waals surface area (Å²) in [6.07, 6.45) is 3.49. The third-order valence-electron chi connectivity index (χ3n) is 2.91. The van der Waals surface area contributed by atoms with Gasteiger partial charge in [0.2, 0.25) is 5.91 Å². The normalized spacial score (nSPS) is 12.4. The van der Waals surface area contributed by atoms with Crippen LogP contribution in [0, 0.1) is 12.8 Å². The van der Waals surface area contributed by atoms with E-state index in [2.05, 4.69) is 22.4 Å². The van der Waals surface area contributed by atoms with Crippen molar-refractivity contribution in [2.75, 3.05) is 11.9 Å². The highest BCUT2D eigenvalue weighted by molar-refractivity contribution is 5.89. The van der Waals surface area contributed by atoms with Crippen LogP contribution in [0.25, 0.3) is 0 Å². The molecule has 17 heavy (non-hydrogen) atoms. The molecule has 1 rings (SSSR count). The van der Waals surface area contributed by atoms with Gasteiger partial charge in [0.1, 0.15) is 0 Å². The lowest BCUT2D eigenvalue weighted by Crippen LogP contribution is -2.15. The Bertz CT molecular complexity index is 348. The largest absolute Gasteiger partial charge is 0.330 e. The average Bonchev–Trinajstić information content (AvgIpc) is 2.70. The number of amides is 1. The number of aromatic amines is 1. The van der Waals surface area contributed by atoms with Crippen LogP contribution in [-0.4, -0.2) is 22.6 Å². The SMILES string of the molecule is CCC(CCN)CCC(=O)Nc1cc(C)[nH]n1. The van der Waals surface area contributed by atoms with Crippen molar-refractivity contribution >= 4 is 11.7 Å². The van der Waals surface area contributed by atoms with Gasteiger partial charge in [0.15, 0.2) is 5.82 Å². The Kier molecular flexibility index (Phi) is 5.69. The lowest BCUT2D eigenvalue weighted by molar-refractivity contribution is -0.116. The van der Waals surface area contributed by atoms with Gasteiger partial charge in [-0.3, -0.25) is 9.89 Å². The van der Waals surface area contributed by atoms with Gasteiger partial charge in [-0.1, -0.05) is 13.3 Å². The highest BCUT2D eigenvalue weighted by atomic mass is 16.1. The van der Waals surface area contributed by atoms with E-state index in [9.17, 15) is 4.79 Å². The molecule has 0 aliphatic heterocycles. The van der Waals surface area contributed by atoms with Crippen molar-refractivity contribution in [2.45, 2.75) is 39.5 Å². The molecule has 1 atom stereocenters. The maximum absolute atomic E-state index is 11.7. The first-order valence-electron chi connectivity index (χ1n) is 6.17. The first-order valence-corrected chi connectivity index (χ1v) is 6.17. The molecule has 0 aliphatic carbocycles. The van der Waals surface area contributed by atoms with E-state index in [0.29, 0.717) is 24.7 Å². The second kappa shape index (κ2) is 7.06. The Balaban J connectivity index is 2.29. The molecule has 5 nitrogen and oxygen atoms in total. The van der Waals surface area contributed by atoms with Crippen LogP contribution >= 0.6 is 0 Å². The summed E-state index contributed by atoms with van der Waals surface area (Å²) in [7, 11) is 0. The molecule has 1 aromatic heterocycles. The van der Waals surface area contributed by atoms with Gasteiger partial charge in [0.05, 0.1) is 0 Å². The molecule has 0 saturated heterocycles. The number of nitrogens with one attached hydrogen (secondary N) is 2. The molecule has 0 fully saturated rings. The summed E-state index contributed by atoms with van der Waals surface area (Å²) in [5.74, 6) is 1.16. The van der Waals surface area contributed by atoms with Gasteiger partial charge in [-0.25, -0.2) is 0 Å². The standard InChI is InChI=1S/C12H22N4O/c1-3-10(6-7-13)4-5-12(17)14-11-8-9(2)15-16-11/h8,10H,3-7,13H2,1-2H3,(H2,14,15,16,17). The van der Waals surface area contributed by atoms with Crippen molar-refractivity contribution in [1.82, 2.24) is 10.2 Å². The fraction of sp³-hybridized carbons (Fsp3) is 0.667. The number of hydrogen-bond donors (Lipinski definition) is 3.